The molecule has 1 aliphatic rings. The topological polar surface area (TPSA) is 61.4 Å². The van der Waals surface area contributed by atoms with Crippen molar-refractivity contribution in [1.29, 1.82) is 0 Å². The van der Waals surface area contributed by atoms with Crippen LogP contribution in [0.1, 0.15) is 34.3 Å². The Morgan fingerprint density at radius 3 is 1.62 bits per heavy atom. The molecule has 0 aliphatic heterocycles. The molecule has 0 saturated heterocycles. The molecule has 3 aromatic rings. The highest BCUT2D eigenvalue weighted by atomic mass is 19.4. The molecule has 5 nitrogen and oxygen atoms in total. The zero-order valence-electron chi connectivity index (χ0n) is 20.8. The lowest BCUT2D eigenvalue weighted by molar-refractivity contribution is -0.146. The van der Waals surface area contributed by atoms with Gasteiger partial charge in [-0.05, 0) is 43.4 Å². The molecular formula is C28H25F6N3O2. The first kappa shape index (κ1) is 28.3. The van der Waals surface area contributed by atoms with Crippen LogP contribution in [0.15, 0.2) is 78.9 Å². The summed E-state index contributed by atoms with van der Waals surface area (Å²) in [5, 5.41) is 5.62. The van der Waals surface area contributed by atoms with E-state index < -0.39 is 58.9 Å². The Morgan fingerprint density at radius 2 is 1.15 bits per heavy atom. The van der Waals surface area contributed by atoms with Crippen LogP contribution in [0.25, 0.3) is 0 Å². The van der Waals surface area contributed by atoms with E-state index in [2.05, 4.69) is 10.6 Å². The maximum Gasteiger partial charge on any atom is 0.416 e. The van der Waals surface area contributed by atoms with Crippen LogP contribution < -0.4 is 10.6 Å². The number of rotatable bonds is 8. The first-order chi connectivity index (χ1) is 18.3. The van der Waals surface area contributed by atoms with Crippen molar-refractivity contribution in [2.75, 3.05) is 19.4 Å². The van der Waals surface area contributed by atoms with E-state index in [-0.39, 0.29) is 12.1 Å². The van der Waals surface area contributed by atoms with E-state index in [9.17, 15) is 35.9 Å². The monoisotopic (exact) mass is 549 g/mol. The van der Waals surface area contributed by atoms with Crippen LogP contribution in [-0.2, 0) is 21.9 Å². The Bertz CT molecular complexity index is 1290. The van der Waals surface area contributed by atoms with Gasteiger partial charge in [-0.3, -0.25) is 14.9 Å². The van der Waals surface area contributed by atoms with Crippen LogP contribution in [-0.4, -0.2) is 42.6 Å². The van der Waals surface area contributed by atoms with Crippen LogP contribution in [0.2, 0.25) is 0 Å². The highest BCUT2D eigenvalue weighted by Gasteiger charge is 2.51. The molecule has 11 heteroatoms. The van der Waals surface area contributed by atoms with E-state index >= 15 is 0 Å². The van der Waals surface area contributed by atoms with Gasteiger partial charge in [0.25, 0.3) is 0 Å². The molecule has 0 amide bonds. The zero-order valence-corrected chi connectivity index (χ0v) is 20.8. The number of likely N-dealkylation sites (N-methyl/N-ethyl adjacent to an activating group) is 1. The third-order valence-corrected chi connectivity index (χ3v) is 6.58. The van der Waals surface area contributed by atoms with Gasteiger partial charge in [-0.1, -0.05) is 60.7 Å². The number of hydrogen-bond acceptors (Lipinski definition) is 5. The normalized spacial score (nSPS) is 19.5. The van der Waals surface area contributed by atoms with Gasteiger partial charge in [0.05, 0.1) is 23.2 Å². The number of nitrogens with one attached hydrogen (secondary N) is 2. The van der Waals surface area contributed by atoms with Gasteiger partial charge in [0.15, 0.2) is 0 Å². The van der Waals surface area contributed by atoms with Crippen LogP contribution >= 0.6 is 0 Å². The highest BCUT2D eigenvalue weighted by Crippen LogP contribution is 2.39. The van der Waals surface area contributed by atoms with E-state index in [0.29, 0.717) is 12.1 Å². The smallest absolute Gasteiger partial charge is 0.373 e. The predicted octanol–water partition coefficient (Wildman–Crippen LogP) is 5.66. The number of Topliss-reactive ketones (excluding diaryl/α,β-unsaturated/α-hetero) is 2. The third kappa shape index (κ3) is 6.15. The van der Waals surface area contributed by atoms with Crippen LogP contribution in [0.4, 0.5) is 32.0 Å². The number of ketones is 2. The average Bonchev–Trinajstić information content (AvgIpc) is 2.89. The van der Waals surface area contributed by atoms with Crippen molar-refractivity contribution < 1.29 is 35.9 Å². The van der Waals surface area contributed by atoms with Gasteiger partial charge in [0, 0.05) is 5.69 Å². The minimum Gasteiger partial charge on any atom is -0.373 e. The number of hydrogen-bond donors (Lipinski definition) is 2. The lowest BCUT2D eigenvalue weighted by Gasteiger charge is -2.41. The fraction of sp³-hybridized carbons (Fsp3) is 0.286. The Morgan fingerprint density at radius 1 is 0.692 bits per heavy atom. The molecule has 206 valence electrons. The predicted molar refractivity (Wildman–Crippen MR) is 133 cm³/mol. The molecule has 4 rings (SSSR count). The summed E-state index contributed by atoms with van der Waals surface area (Å²) in [4.78, 5) is 27.1. The van der Waals surface area contributed by atoms with Crippen molar-refractivity contribution in [1.82, 2.24) is 10.2 Å². The maximum absolute atomic E-state index is 13.3. The van der Waals surface area contributed by atoms with Crippen molar-refractivity contribution in [3.8, 4) is 0 Å². The number of anilines is 1. The van der Waals surface area contributed by atoms with Crippen molar-refractivity contribution in [3.05, 3.63) is 101 Å². The van der Waals surface area contributed by atoms with Crippen LogP contribution in [0.5, 0.6) is 0 Å². The van der Waals surface area contributed by atoms with Crippen LogP contribution in [0, 0.1) is 0 Å². The average molecular weight is 550 g/mol. The number of benzene rings is 3. The molecule has 2 unspecified atom stereocenters. The Hall–Kier alpha value is -3.70. The molecule has 0 radical (unpaired) electrons. The minimum absolute atomic E-state index is 0.00162. The van der Waals surface area contributed by atoms with Crippen LogP contribution in [0.3, 0.4) is 0 Å². The number of halogens is 6. The second-order valence-corrected chi connectivity index (χ2v) is 9.50. The van der Waals surface area contributed by atoms with Gasteiger partial charge >= 0.3 is 12.4 Å². The second kappa shape index (κ2) is 10.8. The molecule has 0 spiro atoms. The highest BCUT2D eigenvalue weighted by molar-refractivity contribution is 6.49. The Kier molecular flexibility index (Phi) is 7.85. The fourth-order valence-corrected chi connectivity index (χ4v) is 4.71. The number of nitrogens with zero attached hydrogens (tertiary/aromatic N) is 1. The van der Waals surface area contributed by atoms with Gasteiger partial charge in [0.1, 0.15) is 12.1 Å². The molecule has 1 aliphatic carbocycles. The summed E-state index contributed by atoms with van der Waals surface area (Å²) in [6.07, 6.45) is -10.1. The largest absolute Gasteiger partial charge is 0.416 e. The van der Waals surface area contributed by atoms with Crippen molar-refractivity contribution in [3.63, 3.8) is 0 Å². The molecule has 1 fully saturated rings. The summed E-state index contributed by atoms with van der Waals surface area (Å²) >= 11 is 0. The summed E-state index contributed by atoms with van der Waals surface area (Å²) in [6.45, 7) is 0. The molecule has 0 aromatic heterocycles. The molecule has 4 atom stereocenters. The molecular weight excluding hydrogens is 524 g/mol. The summed E-state index contributed by atoms with van der Waals surface area (Å²) in [5.74, 6) is -1.76. The number of carbonyl (C=O) groups excluding carboxylic acids is 2. The van der Waals surface area contributed by atoms with E-state index in [1.807, 2.05) is 67.5 Å². The SMILES string of the molecule is CN(C)[C@H](c1ccccc1)[C@H](NC1C(=O)C(=O)C1Nc1cc(C(F)(F)F)cc(C(F)(F)F)c1)c1ccccc1. The first-order valence-corrected chi connectivity index (χ1v) is 11.9. The zero-order chi connectivity index (χ0) is 28.5. The van der Waals surface area contributed by atoms with Crippen molar-refractivity contribution in [2.24, 2.45) is 0 Å². The lowest BCUT2D eigenvalue weighted by Crippen LogP contribution is -2.68. The summed E-state index contributed by atoms with van der Waals surface area (Å²) in [5.41, 5.74) is -1.97. The summed E-state index contributed by atoms with van der Waals surface area (Å²) in [7, 11) is 3.67. The van der Waals surface area contributed by atoms with Gasteiger partial charge in [0.2, 0.25) is 11.6 Å². The Balaban J connectivity index is 1.69. The first-order valence-electron chi connectivity index (χ1n) is 11.9. The maximum atomic E-state index is 13.3. The molecule has 0 heterocycles. The Labute approximate surface area is 220 Å². The van der Waals surface area contributed by atoms with Crippen molar-refractivity contribution in [2.45, 2.75) is 36.5 Å². The quantitative estimate of drug-likeness (QED) is 0.281. The molecule has 39 heavy (non-hydrogen) atoms. The van der Waals surface area contributed by atoms with E-state index in [4.69, 9.17) is 0 Å². The summed E-state index contributed by atoms with van der Waals surface area (Å²) < 4.78 is 80.0. The molecule has 3 aromatic carbocycles. The van der Waals surface area contributed by atoms with Gasteiger partial charge in [-0.25, -0.2) is 0 Å². The molecule has 0 bridgehead atoms. The van der Waals surface area contributed by atoms with E-state index in [0.717, 1.165) is 11.1 Å². The number of carbonyl (C=O) groups is 2. The van der Waals surface area contributed by atoms with Gasteiger partial charge in [-0.15, -0.1) is 0 Å². The van der Waals surface area contributed by atoms with E-state index in [1.54, 1.807) is 12.1 Å². The van der Waals surface area contributed by atoms with Gasteiger partial charge in [-0.2, -0.15) is 26.3 Å². The lowest BCUT2D eigenvalue weighted by atomic mass is 9.80. The fourth-order valence-electron chi connectivity index (χ4n) is 4.71. The standard InChI is InChI=1S/C28H25F6N3O2/c1-37(2)24(17-11-7-4-8-12-17)21(16-9-5-3-6-10-16)36-23-22(25(38)26(23)39)35-20-14-18(27(29,30)31)13-19(15-20)28(32,33)34/h3-15,21-24,35-36H,1-2H3/t21-,22?,23?,24-/m1/s1. The second-order valence-electron chi connectivity index (χ2n) is 9.50. The number of alkyl halides is 6. The third-order valence-electron chi connectivity index (χ3n) is 6.58. The molecule has 2 N–H and O–H groups in total. The van der Waals surface area contributed by atoms with E-state index in [1.165, 1.54) is 0 Å². The van der Waals surface area contributed by atoms with Gasteiger partial charge < -0.3 is 10.2 Å². The molecule has 1 saturated carbocycles. The summed E-state index contributed by atoms with van der Waals surface area (Å²) in [6, 6.07) is 15.9. The minimum atomic E-state index is -5.05. The van der Waals surface area contributed by atoms with Crippen molar-refractivity contribution >= 4 is 17.3 Å².